The van der Waals surface area contributed by atoms with Crippen molar-refractivity contribution < 1.29 is 21.6 Å². The standard InChI is InChI=1S/C28H33N3O5S2/c32-28(29-20-22-10-13-26(14-11-22)37(33,34)30-16-4-1-5-17-30)25-9-6-18-31(21-25)38(35,36)27-15-12-23-7-2-3-8-24(23)19-27/h2-3,7-8,10-15,19,25H,1,4-6,9,16-18,20-21H2,(H,29,32)/t25-/m1/s1. The topological polar surface area (TPSA) is 104 Å². The minimum absolute atomic E-state index is 0.133. The van der Waals surface area contributed by atoms with E-state index in [4.69, 9.17) is 0 Å². The van der Waals surface area contributed by atoms with Gasteiger partial charge in [-0.3, -0.25) is 4.79 Å². The second-order valence-corrected chi connectivity index (χ2v) is 13.9. The molecule has 0 aromatic heterocycles. The maximum atomic E-state index is 13.3. The van der Waals surface area contributed by atoms with Gasteiger partial charge < -0.3 is 5.32 Å². The van der Waals surface area contributed by atoms with Gasteiger partial charge in [0.2, 0.25) is 26.0 Å². The van der Waals surface area contributed by atoms with Crippen LogP contribution in [0.25, 0.3) is 10.8 Å². The normalized spacial score (nSPS) is 19.8. The number of sulfonamides is 2. The molecule has 0 aliphatic carbocycles. The Balaban J connectivity index is 1.20. The van der Waals surface area contributed by atoms with E-state index in [1.165, 1.54) is 8.61 Å². The third-order valence-electron chi connectivity index (χ3n) is 7.46. The number of amides is 1. The van der Waals surface area contributed by atoms with Gasteiger partial charge in [-0.25, -0.2) is 16.8 Å². The summed E-state index contributed by atoms with van der Waals surface area (Å²) in [5, 5.41) is 4.73. The van der Waals surface area contributed by atoms with Crippen LogP contribution >= 0.6 is 0 Å². The fourth-order valence-corrected chi connectivity index (χ4v) is 8.30. The van der Waals surface area contributed by atoms with Crippen LogP contribution in [0.15, 0.2) is 76.5 Å². The van der Waals surface area contributed by atoms with Crippen LogP contribution in [-0.4, -0.2) is 57.5 Å². The summed E-state index contributed by atoms with van der Waals surface area (Å²) in [6, 6.07) is 19.3. The number of fused-ring (bicyclic) bond motifs is 1. The van der Waals surface area contributed by atoms with Crippen LogP contribution in [0.4, 0.5) is 0 Å². The highest BCUT2D eigenvalue weighted by molar-refractivity contribution is 7.89. The number of hydrogen-bond acceptors (Lipinski definition) is 5. The molecule has 2 saturated heterocycles. The van der Waals surface area contributed by atoms with E-state index < -0.39 is 26.0 Å². The van der Waals surface area contributed by atoms with Crippen molar-refractivity contribution in [3.63, 3.8) is 0 Å². The van der Waals surface area contributed by atoms with Gasteiger partial charge in [-0.05, 0) is 66.3 Å². The van der Waals surface area contributed by atoms with Crippen LogP contribution in [0.1, 0.15) is 37.7 Å². The zero-order valence-electron chi connectivity index (χ0n) is 21.3. The van der Waals surface area contributed by atoms with E-state index in [0.29, 0.717) is 32.5 Å². The summed E-state index contributed by atoms with van der Waals surface area (Å²) in [5.74, 6) is -0.647. The van der Waals surface area contributed by atoms with Crippen molar-refractivity contribution in [3.05, 3.63) is 72.3 Å². The molecular formula is C28H33N3O5S2. The number of nitrogens with one attached hydrogen (secondary N) is 1. The Bertz CT molecular complexity index is 1520. The molecule has 3 aromatic rings. The Kier molecular flexibility index (Phi) is 7.85. The van der Waals surface area contributed by atoms with Crippen molar-refractivity contribution in [3.8, 4) is 0 Å². The van der Waals surface area contributed by atoms with E-state index in [-0.39, 0.29) is 28.8 Å². The van der Waals surface area contributed by atoms with Gasteiger partial charge in [0.15, 0.2) is 0 Å². The van der Waals surface area contributed by atoms with Gasteiger partial charge in [0.05, 0.1) is 15.7 Å². The summed E-state index contributed by atoms with van der Waals surface area (Å²) >= 11 is 0. The first-order valence-electron chi connectivity index (χ1n) is 13.1. The van der Waals surface area contributed by atoms with E-state index in [1.54, 1.807) is 42.5 Å². The quantitative estimate of drug-likeness (QED) is 0.479. The number of carbonyl (C=O) groups is 1. The van der Waals surface area contributed by atoms with Crippen molar-refractivity contribution in [1.82, 2.24) is 13.9 Å². The van der Waals surface area contributed by atoms with E-state index >= 15 is 0 Å². The first-order valence-corrected chi connectivity index (χ1v) is 16.0. The second kappa shape index (κ2) is 11.1. The number of piperidine rings is 2. The molecule has 1 atom stereocenters. The molecule has 0 saturated carbocycles. The highest BCUT2D eigenvalue weighted by atomic mass is 32.2. The Labute approximate surface area is 224 Å². The first kappa shape index (κ1) is 26.8. The third-order valence-corrected chi connectivity index (χ3v) is 11.2. The molecule has 3 aromatic carbocycles. The highest BCUT2D eigenvalue weighted by Gasteiger charge is 2.33. The van der Waals surface area contributed by atoms with E-state index in [1.807, 2.05) is 24.3 Å². The Morgan fingerprint density at radius 1 is 0.737 bits per heavy atom. The Morgan fingerprint density at radius 3 is 2.11 bits per heavy atom. The average molecular weight is 556 g/mol. The van der Waals surface area contributed by atoms with E-state index in [0.717, 1.165) is 35.6 Å². The molecule has 0 bridgehead atoms. The zero-order chi connectivity index (χ0) is 26.8. The van der Waals surface area contributed by atoms with Gasteiger partial charge in [-0.15, -0.1) is 0 Å². The van der Waals surface area contributed by atoms with E-state index in [9.17, 15) is 21.6 Å². The molecule has 2 heterocycles. The lowest BCUT2D eigenvalue weighted by molar-refractivity contribution is -0.126. The van der Waals surface area contributed by atoms with Crippen molar-refractivity contribution in [2.24, 2.45) is 5.92 Å². The minimum Gasteiger partial charge on any atom is -0.352 e. The first-order chi connectivity index (χ1) is 18.2. The molecule has 2 fully saturated rings. The fraction of sp³-hybridized carbons (Fsp3) is 0.393. The number of carbonyl (C=O) groups excluding carboxylic acids is 1. The van der Waals surface area contributed by atoms with Crippen LogP contribution < -0.4 is 5.32 Å². The maximum absolute atomic E-state index is 13.3. The highest BCUT2D eigenvalue weighted by Crippen LogP contribution is 2.27. The summed E-state index contributed by atoms with van der Waals surface area (Å²) in [7, 11) is -7.22. The number of hydrogen-bond donors (Lipinski definition) is 1. The van der Waals surface area contributed by atoms with Crippen LogP contribution in [0.5, 0.6) is 0 Å². The van der Waals surface area contributed by atoms with Gasteiger partial charge in [0.25, 0.3) is 0 Å². The zero-order valence-corrected chi connectivity index (χ0v) is 22.9. The van der Waals surface area contributed by atoms with Gasteiger partial charge in [0, 0.05) is 32.7 Å². The van der Waals surface area contributed by atoms with Gasteiger partial charge in [0.1, 0.15) is 0 Å². The predicted molar refractivity (Wildman–Crippen MR) is 146 cm³/mol. The molecule has 0 unspecified atom stereocenters. The largest absolute Gasteiger partial charge is 0.352 e. The van der Waals surface area contributed by atoms with E-state index in [2.05, 4.69) is 5.32 Å². The second-order valence-electron chi connectivity index (χ2n) is 10.0. The van der Waals surface area contributed by atoms with Crippen molar-refractivity contribution in [1.29, 1.82) is 0 Å². The van der Waals surface area contributed by atoms with Gasteiger partial charge in [-0.2, -0.15) is 8.61 Å². The molecule has 202 valence electrons. The minimum atomic E-state index is -3.72. The molecule has 1 N–H and O–H groups in total. The van der Waals surface area contributed by atoms with Gasteiger partial charge >= 0.3 is 0 Å². The average Bonchev–Trinajstić information content (AvgIpc) is 2.96. The van der Waals surface area contributed by atoms with Crippen molar-refractivity contribution in [2.45, 2.75) is 48.4 Å². The number of nitrogens with zero attached hydrogens (tertiary/aromatic N) is 2. The van der Waals surface area contributed by atoms with Crippen molar-refractivity contribution >= 4 is 36.7 Å². The van der Waals surface area contributed by atoms with Crippen LogP contribution in [-0.2, 0) is 31.4 Å². The van der Waals surface area contributed by atoms with Crippen LogP contribution in [0.2, 0.25) is 0 Å². The number of benzene rings is 3. The molecule has 0 spiro atoms. The molecule has 2 aliphatic heterocycles. The summed E-state index contributed by atoms with van der Waals surface area (Å²) in [4.78, 5) is 13.4. The van der Waals surface area contributed by atoms with Crippen LogP contribution in [0.3, 0.4) is 0 Å². The summed E-state index contributed by atoms with van der Waals surface area (Å²) in [5.41, 5.74) is 0.785. The maximum Gasteiger partial charge on any atom is 0.243 e. The number of rotatable bonds is 7. The molecule has 1 amide bonds. The lowest BCUT2D eigenvalue weighted by Crippen LogP contribution is -2.45. The van der Waals surface area contributed by atoms with Crippen LogP contribution in [0, 0.1) is 5.92 Å². The lowest BCUT2D eigenvalue weighted by atomic mass is 9.99. The van der Waals surface area contributed by atoms with Gasteiger partial charge in [-0.1, -0.05) is 48.9 Å². The molecule has 0 radical (unpaired) electrons. The Hall–Kier alpha value is -2.79. The smallest absolute Gasteiger partial charge is 0.243 e. The van der Waals surface area contributed by atoms with Crippen molar-refractivity contribution in [2.75, 3.05) is 26.2 Å². The molecular weight excluding hydrogens is 522 g/mol. The summed E-state index contributed by atoms with van der Waals surface area (Å²) in [6.45, 7) is 1.86. The SMILES string of the molecule is O=C(NCc1ccc(S(=O)(=O)N2CCCCC2)cc1)[C@@H]1CCCN(S(=O)(=O)c2ccc3ccccc3c2)C1. The lowest BCUT2D eigenvalue weighted by Gasteiger charge is -2.31. The monoisotopic (exact) mass is 555 g/mol. The molecule has 5 rings (SSSR count). The molecule has 2 aliphatic rings. The Morgan fingerprint density at radius 2 is 1.37 bits per heavy atom. The fourth-order valence-electron chi connectivity index (χ4n) is 5.22. The molecule has 38 heavy (non-hydrogen) atoms. The molecule has 8 nitrogen and oxygen atoms in total. The summed E-state index contributed by atoms with van der Waals surface area (Å²) in [6.07, 6.45) is 4.03. The summed E-state index contributed by atoms with van der Waals surface area (Å²) < 4.78 is 55.3. The third kappa shape index (κ3) is 5.63. The molecule has 10 heteroatoms. The predicted octanol–water partition coefficient (Wildman–Crippen LogP) is 3.73.